The summed E-state index contributed by atoms with van der Waals surface area (Å²) in [5, 5.41) is 3.15. The summed E-state index contributed by atoms with van der Waals surface area (Å²) in [6, 6.07) is 11.7. The minimum Gasteiger partial charge on any atom is -0.384 e. The SMILES string of the molecule is Cc1ccccc1CCNc1ccc(C(F)(F)F)cc1Br. The van der Waals surface area contributed by atoms with Crippen LogP contribution in [0.3, 0.4) is 0 Å². The molecule has 0 saturated carbocycles. The number of benzene rings is 2. The number of nitrogens with one attached hydrogen (secondary N) is 1. The summed E-state index contributed by atoms with van der Waals surface area (Å²) in [4.78, 5) is 0. The van der Waals surface area contributed by atoms with E-state index in [0.29, 0.717) is 16.7 Å². The highest BCUT2D eigenvalue weighted by atomic mass is 79.9. The molecule has 5 heteroatoms. The zero-order chi connectivity index (χ0) is 15.5. The quantitative estimate of drug-likeness (QED) is 0.768. The predicted molar refractivity (Wildman–Crippen MR) is 82.5 cm³/mol. The molecule has 112 valence electrons. The average Bonchev–Trinajstić information content (AvgIpc) is 2.41. The van der Waals surface area contributed by atoms with Gasteiger partial charge in [-0.05, 0) is 58.6 Å². The number of alkyl halides is 3. The van der Waals surface area contributed by atoms with Crippen molar-refractivity contribution in [1.82, 2.24) is 0 Å². The van der Waals surface area contributed by atoms with E-state index < -0.39 is 11.7 Å². The molecule has 2 aromatic carbocycles. The highest BCUT2D eigenvalue weighted by Crippen LogP contribution is 2.33. The lowest BCUT2D eigenvalue weighted by atomic mass is 10.1. The first-order valence-corrected chi connectivity index (χ1v) is 7.32. The van der Waals surface area contributed by atoms with E-state index in [2.05, 4.69) is 27.3 Å². The first kappa shape index (κ1) is 15.9. The Morgan fingerprint density at radius 3 is 2.43 bits per heavy atom. The second-order valence-electron chi connectivity index (χ2n) is 4.80. The molecule has 0 radical (unpaired) electrons. The van der Waals surface area contributed by atoms with E-state index in [0.717, 1.165) is 18.6 Å². The van der Waals surface area contributed by atoms with Gasteiger partial charge in [-0.3, -0.25) is 0 Å². The molecule has 21 heavy (non-hydrogen) atoms. The normalized spacial score (nSPS) is 11.5. The van der Waals surface area contributed by atoms with Crippen molar-refractivity contribution < 1.29 is 13.2 Å². The fraction of sp³-hybridized carbons (Fsp3) is 0.250. The van der Waals surface area contributed by atoms with Crippen molar-refractivity contribution in [1.29, 1.82) is 0 Å². The van der Waals surface area contributed by atoms with Crippen LogP contribution in [0.4, 0.5) is 18.9 Å². The predicted octanol–water partition coefficient (Wildman–Crippen LogP) is 5.43. The Morgan fingerprint density at radius 1 is 1.10 bits per heavy atom. The zero-order valence-corrected chi connectivity index (χ0v) is 13.1. The van der Waals surface area contributed by atoms with Gasteiger partial charge in [0.05, 0.1) is 5.56 Å². The Labute approximate surface area is 130 Å². The number of hydrogen-bond donors (Lipinski definition) is 1. The smallest absolute Gasteiger partial charge is 0.384 e. The van der Waals surface area contributed by atoms with Crippen LogP contribution in [-0.2, 0) is 12.6 Å². The summed E-state index contributed by atoms with van der Waals surface area (Å²) in [6.07, 6.45) is -3.50. The van der Waals surface area contributed by atoms with Gasteiger partial charge in [-0.1, -0.05) is 24.3 Å². The summed E-state index contributed by atoms with van der Waals surface area (Å²) >= 11 is 3.18. The minimum absolute atomic E-state index is 0.419. The van der Waals surface area contributed by atoms with E-state index in [-0.39, 0.29) is 0 Å². The van der Waals surface area contributed by atoms with E-state index in [1.807, 2.05) is 25.1 Å². The van der Waals surface area contributed by atoms with Gasteiger partial charge in [0.2, 0.25) is 0 Å². The molecule has 0 aliphatic carbocycles. The van der Waals surface area contributed by atoms with Gasteiger partial charge in [0, 0.05) is 16.7 Å². The molecule has 0 fully saturated rings. The van der Waals surface area contributed by atoms with Crippen LogP contribution in [0.1, 0.15) is 16.7 Å². The van der Waals surface area contributed by atoms with Gasteiger partial charge in [-0.2, -0.15) is 13.2 Å². The highest BCUT2D eigenvalue weighted by molar-refractivity contribution is 9.10. The molecule has 2 aromatic rings. The van der Waals surface area contributed by atoms with Crippen LogP contribution in [-0.4, -0.2) is 6.54 Å². The van der Waals surface area contributed by atoms with Crippen molar-refractivity contribution in [3.05, 3.63) is 63.6 Å². The molecule has 0 aromatic heterocycles. The number of aryl methyl sites for hydroxylation is 1. The van der Waals surface area contributed by atoms with Crippen molar-refractivity contribution >= 4 is 21.6 Å². The van der Waals surface area contributed by atoms with Crippen molar-refractivity contribution in [3.63, 3.8) is 0 Å². The Balaban J connectivity index is 2.00. The van der Waals surface area contributed by atoms with Crippen LogP contribution in [0.2, 0.25) is 0 Å². The second kappa shape index (κ2) is 6.52. The lowest BCUT2D eigenvalue weighted by Crippen LogP contribution is -2.08. The highest BCUT2D eigenvalue weighted by Gasteiger charge is 2.30. The largest absolute Gasteiger partial charge is 0.416 e. The third-order valence-corrected chi connectivity index (χ3v) is 3.92. The van der Waals surface area contributed by atoms with Crippen LogP contribution in [0.15, 0.2) is 46.9 Å². The Morgan fingerprint density at radius 2 is 1.81 bits per heavy atom. The molecule has 0 amide bonds. The molecule has 0 spiro atoms. The molecule has 2 rings (SSSR count). The molecule has 1 N–H and O–H groups in total. The first-order valence-electron chi connectivity index (χ1n) is 6.53. The van der Waals surface area contributed by atoms with Gasteiger partial charge < -0.3 is 5.32 Å². The third-order valence-electron chi connectivity index (χ3n) is 3.27. The molecule has 1 nitrogen and oxygen atoms in total. The van der Waals surface area contributed by atoms with Gasteiger partial charge in [0.15, 0.2) is 0 Å². The topological polar surface area (TPSA) is 12.0 Å². The fourth-order valence-corrected chi connectivity index (χ4v) is 2.58. The summed E-state index contributed by atoms with van der Waals surface area (Å²) in [7, 11) is 0. The van der Waals surface area contributed by atoms with Crippen LogP contribution < -0.4 is 5.32 Å². The van der Waals surface area contributed by atoms with Crippen molar-refractivity contribution in [2.24, 2.45) is 0 Å². The maximum absolute atomic E-state index is 12.6. The van der Waals surface area contributed by atoms with E-state index in [1.54, 1.807) is 0 Å². The monoisotopic (exact) mass is 357 g/mol. The molecular formula is C16H15BrF3N. The maximum atomic E-state index is 12.6. The van der Waals surface area contributed by atoms with Gasteiger partial charge in [0.1, 0.15) is 0 Å². The van der Waals surface area contributed by atoms with Crippen molar-refractivity contribution in [2.75, 3.05) is 11.9 Å². The molecule has 0 saturated heterocycles. The maximum Gasteiger partial charge on any atom is 0.416 e. The van der Waals surface area contributed by atoms with Gasteiger partial charge >= 0.3 is 6.18 Å². The van der Waals surface area contributed by atoms with E-state index in [4.69, 9.17) is 0 Å². The van der Waals surface area contributed by atoms with Gasteiger partial charge in [-0.15, -0.1) is 0 Å². The molecule has 0 heterocycles. The number of hydrogen-bond acceptors (Lipinski definition) is 1. The standard InChI is InChI=1S/C16H15BrF3N/c1-11-4-2-3-5-12(11)8-9-21-15-7-6-13(10-14(15)17)16(18,19)20/h2-7,10,21H,8-9H2,1H3. The fourth-order valence-electron chi connectivity index (χ4n) is 2.06. The third kappa shape index (κ3) is 4.24. The van der Waals surface area contributed by atoms with Crippen molar-refractivity contribution in [3.8, 4) is 0 Å². The van der Waals surface area contributed by atoms with E-state index in [9.17, 15) is 13.2 Å². The van der Waals surface area contributed by atoms with Gasteiger partial charge in [0.25, 0.3) is 0 Å². The van der Waals surface area contributed by atoms with E-state index in [1.165, 1.54) is 17.2 Å². The Kier molecular flexibility index (Phi) is 4.93. The van der Waals surface area contributed by atoms with Crippen LogP contribution in [0, 0.1) is 6.92 Å². The van der Waals surface area contributed by atoms with Crippen LogP contribution in [0.5, 0.6) is 0 Å². The van der Waals surface area contributed by atoms with Crippen molar-refractivity contribution in [2.45, 2.75) is 19.5 Å². The van der Waals surface area contributed by atoms with Gasteiger partial charge in [-0.25, -0.2) is 0 Å². The Bertz CT molecular complexity index is 623. The lowest BCUT2D eigenvalue weighted by Gasteiger charge is -2.12. The van der Waals surface area contributed by atoms with E-state index >= 15 is 0 Å². The lowest BCUT2D eigenvalue weighted by molar-refractivity contribution is -0.137. The molecular weight excluding hydrogens is 343 g/mol. The minimum atomic E-state index is -4.32. The Hall–Kier alpha value is -1.49. The molecule has 0 unspecified atom stereocenters. The number of halogens is 4. The molecule has 0 aliphatic heterocycles. The zero-order valence-electron chi connectivity index (χ0n) is 11.5. The summed E-state index contributed by atoms with van der Waals surface area (Å²) in [6.45, 7) is 2.71. The summed E-state index contributed by atoms with van der Waals surface area (Å²) in [5.74, 6) is 0. The average molecular weight is 358 g/mol. The molecule has 0 aliphatic rings. The summed E-state index contributed by atoms with van der Waals surface area (Å²) < 4.78 is 38.1. The second-order valence-corrected chi connectivity index (χ2v) is 5.65. The first-order chi connectivity index (χ1) is 9.88. The van der Waals surface area contributed by atoms with Crippen LogP contribution >= 0.6 is 15.9 Å². The van der Waals surface area contributed by atoms with Crippen LogP contribution in [0.25, 0.3) is 0 Å². The summed E-state index contributed by atoms with van der Waals surface area (Å²) in [5.41, 5.74) is 2.45. The number of rotatable bonds is 4. The number of anilines is 1. The molecule has 0 atom stereocenters. The molecule has 0 bridgehead atoms.